The van der Waals surface area contributed by atoms with E-state index in [2.05, 4.69) is 15.0 Å². The lowest BCUT2D eigenvalue weighted by atomic mass is 10.1. The van der Waals surface area contributed by atoms with Gasteiger partial charge in [-0.25, -0.2) is 4.79 Å². The predicted octanol–water partition coefficient (Wildman–Crippen LogP) is 1.89. The third kappa shape index (κ3) is 1.75. The van der Waals surface area contributed by atoms with Crippen LogP contribution in [0.25, 0.3) is 0 Å². The number of carboxylic acid groups (broad SMARTS) is 1. The van der Waals surface area contributed by atoms with Gasteiger partial charge in [-0.15, -0.1) is 0 Å². The molecule has 1 aromatic heterocycles. The van der Waals surface area contributed by atoms with E-state index in [1.165, 1.54) is 6.26 Å². The van der Waals surface area contributed by atoms with E-state index in [-0.39, 0.29) is 5.92 Å². The van der Waals surface area contributed by atoms with Crippen LogP contribution in [0.4, 0.5) is 10.5 Å². The van der Waals surface area contributed by atoms with Crippen molar-refractivity contribution in [1.29, 1.82) is 0 Å². The van der Waals surface area contributed by atoms with Crippen molar-refractivity contribution in [3.63, 3.8) is 0 Å². The minimum atomic E-state index is -1.11. The molecule has 0 saturated heterocycles. The summed E-state index contributed by atoms with van der Waals surface area (Å²) in [6, 6.07) is 0. The normalized spacial score (nSPS) is 10.2. The largest absolute Gasteiger partial charge is 0.465 e. The van der Waals surface area contributed by atoms with Crippen LogP contribution < -0.4 is 5.32 Å². The number of carbonyl (C=O) groups is 1. The fourth-order valence-corrected chi connectivity index (χ4v) is 0.871. The van der Waals surface area contributed by atoms with E-state index >= 15 is 0 Å². The second-order valence-corrected chi connectivity index (χ2v) is 2.70. The van der Waals surface area contributed by atoms with Gasteiger partial charge in [-0.05, 0) is 0 Å². The number of hydrogen-bond donors (Lipinski definition) is 2. The molecule has 1 heterocycles. The Labute approximate surface area is 69.4 Å². The third-order valence-corrected chi connectivity index (χ3v) is 1.39. The van der Waals surface area contributed by atoms with Crippen molar-refractivity contribution in [2.45, 2.75) is 19.8 Å². The molecule has 0 saturated carbocycles. The van der Waals surface area contributed by atoms with Crippen molar-refractivity contribution < 1.29 is 14.4 Å². The van der Waals surface area contributed by atoms with Gasteiger partial charge in [0.1, 0.15) is 17.6 Å². The molecule has 0 aliphatic rings. The lowest BCUT2D eigenvalue weighted by Gasteiger charge is -2.01. The van der Waals surface area contributed by atoms with Crippen molar-refractivity contribution in [1.82, 2.24) is 5.16 Å². The van der Waals surface area contributed by atoms with Gasteiger partial charge in [0.2, 0.25) is 0 Å². The van der Waals surface area contributed by atoms with E-state index in [1.807, 2.05) is 13.8 Å². The van der Waals surface area contributed by atoms with Crippen molar-refractivity contribution in [2.75, 3.05) is 5.32 Å². The summed E-state index contributed by atoms with van der Waals surface area (Å²) in [5.74, 6) is 0.144. The SMILES string of the molecule is CC(C)c1nocc1NC(=O)O. The highest BCUT2D eigenvalue weighted by Gasteiger charge is 2.12. The Morgan fingerprint density at radius 2 is 2.42 bits per heavy atom. The van der Waals surface area contributed by atoms with Gasteiger partial charge >= 0.3 is 6.09 Å². The molecule has 0 spiro atoms. The highest BCUT2D eigenvalue weighted by Crippen LogP contribution is 2.21. The Bertz CT molecular complexity index is 280. The molecular weight excluding hydrogens is 160 g/mol. The Hall–Kier alpha value is -1.52. The van der Waals surface area contributed by atoms with Gasteiger partial charge in [0, 0.05) is 5.92 Å². The van der Waals surface area contributed by atoms with Gasteiger partial charge in [-0.2, -0.15) is 0 Å². The Balaban J connectivity index is 2.84. The molecule has 5 heteroatoms. The number of aromatic nitrogens is 1. The predicted molar refractivity (Wildman–Crippen MR) is 42.2 cm³/mol. The van der Waals surface area contributed by atoms with E-state index in [1.54, 1.807) is 0 Å². The first kappa shape index (κ1) is 8.58. The summed E-state index contributed by atoms with van der Waals surface area (Å²) in [4.78, 5) is 10.3. The second-order valence-electron chi connectivity index (χ2n) is 2.70. The second kappa shape index (κ2) is 3.25. The first-order valence-electron chi connectivity index (χ1n) is 3.55. The average Bonchev–Trinajstić information content (AvgIpc) is 2.33. The first-order valence-corrected chi connectivity index (χ1v) is 3.55. The summed E-state index contributed by atoms with van der Waals surface area (Å²) in [6.45, 7) is 3.82. The molecular formula is C7H10N2O3. The third-order valence-electron chi connectivity index (χ3n) is 1.39. The number of nitrogens with zero attached hydrogens (tertiary/aromatic N) is 1. The number of nitrogens with one attached hydrogen (secondary N) is 1. The van der Waals surface area contributed by atoms with Crippen molar-refractivity contribution in [3.05, 3.63) is 12.0 Å². The molecule has 66 valence electrons. The molecule has 0 atom stereocenters. The molecule has 1 amide bonds. The van der Waals surface area contributed by atoms with Crippen molar-refractivity contribution >= 4 is 11.8 Å². The lowest BCUT2D eigenvalue weighted by molar-refractivity contribution is 0.209. The minimum absolute atomic E-state index is 0.144. The average molecular weight is 170 g/mol. The molecule has 0 radical (unpaired) electrons. The number of anilines is 1. The standard InChI is InChI=1S/C7H10N2O3/c1-4(2)6-5(3-12-9-6)8-7(10)11/h3-4,8H,1-2H3,(H,10,11). The van der Waals surface area contributed by atoms with Gasteiger partial charge < -0.3 is 9.63 Å². The maximum absolute atomic E-state index is 10.3. The zero-order valence-electron chi connectivity index (χ0n) is 6.87. The number of hydrogen-bond acceptors (Lipinski definition) is 3. The monoisotopic (exact) mass is 170 g/mol. The number of rotatable bonds is 2. The van der Waals surface area contributed by atoms with Crippen LogP contribution in [0.1, 0.15) is 25.5 Å². The van der Waals surface area contributed by atoms with Crippen LogP contribution >= 0.6 is 0 Å². The zero-order valence-corrected chi connectivity index (χ0v) is 6.87. The van der Waals surface area contributed by atoms with Crippen LogP contribution in [-0.4, -0.2) is 16.4 Å². The molecule has 12 heavy (non-hydrogen) atoms. The molecule has 0 bridgehead atoms. The van der Waals surface area contributed by atoms with Gasteiger partial charge in [0.15, 0.2) is 0 Å². The molecule has 5 nitrogen and oxygen atoms in total. The van der Waals surface area contributed by atoms with Crippen LogP contribution in [0.3, 0.4) is 0 Å². The maximum atomic E-state index is 10.3. The van der Waals surface area contributed by atoms with E-state index in [0.717, 1.165) is 0 Å². The summed E-state index contributed by atoms with van der Waals surface area (Å²) in [5, 5.41) is 14.3. The minimum Gasteiger partial charge on any atom is -0.465 e. The lowest BCUT2D eigenvalue weighted by Crippen LogP contribution is -2.08. The van der Waals surface area contributed by atoms with Gasteiger partial charge in [-0.1, -0.05) is 19.0 Å². The van der Waals surface area contributed by atoms with Crippen LogP contribution in [0.5, 0.6) is 0 Å². The Morgan fingerprint density at radius 3 is 2.92 bits per heavy atom. The van der Waals surface area contributed by atoms with Gasteiger partial charge in [0.25, 0.3) is 0 Å². The summed E-state index contributed by atoms with van der Waals surface area (Å²) in [7, 11) is 0. The smallest absolute Gasteiger partial charge is 0.409 e. The highest BCUT2D eigenvalue weighted by atomic mass is 16.5. The van der Waals surface area contributed by atoms with Crippen LogP contribution in [0, 0.1) is 0 Å². The van der Waals surface area contributed by atoms with Crippen molar-refractivity contribution in [2.24, 2.45) is 0 Å². The topological polar surface area (TPSA) is 75.4 Å². The van der Waals surface area contributed by atoms with Crippen molar-refractivity contribution in [3.8, 4) is 0 Å². The van der Waals surface area contributed by atoms with Crippen LogP contribution in [-0.2, 0) is 0 Å². The molecule has 0 aliphatic carbocycles. The summed E-state index contributed by atoms with van der Waals surface area (Å²) >= 11 is 0. The van der Waals surface area contributed by atoms with E-state index in [9.17, 15) is 4.79 Å². The Morgan fingerprint density at radius 1 is 1.75 bits per heavy atom. The summed E-state index contributed by atoms with van der Waals surface area (Å²) in [5.41, 5.74) is 1.04. The molecule has 1 rings (SSSR count). The fourth-order valence-electron chi connectivity index (χ4n) is 0.871. The fraction of sp³-hybridized carbons (Fsp3) is 0.429. The van der Waals surface area contributed by atoms with Gasteiger partial charge in [-0.3, -0.25) is 5.32 Å². The number of amides is 1. The highest BCUT2D eigenvalue weighted by molar-refractivity contribution is 5.83. The van der Waals surface area contributed by atoms with Crippen LogP contribution in [0.15, 0.2) is 10.8 Å². The molecule has 2 N–H and O–H groups in total. The quantitative estimate of drug-likeness (QED) is 0.710. The Kier molecular flexibility index (Phi) is 2.32. The summed E-state index contributed by atoms with van der Waals surface area (Å²) in [6.07, 6.45) is 0.170. The van der Waals surface area contributed by atoms with Gasteiger partial charge in [0.05, 0.1) is 0 Å². The molecule has 0 aliphatic heterocycles. The van der Waals surface area contributed by atoms with E-state index in [0.29, 0.717) is 11.4 Å². The molecule has 0 aromatic carbocycles. The molecule has 1 aromatic rings. The zero-order chi connectivity index (χ0) is 9.14. The first-order chi connectivity index (χ1) is 5.61. The molecule has 0 unspecified atom stereocenters. The maximum Gasteiger partial charge on any atom is 0.409 e. The van der Waals surface area contributed by atoms with Crippen LogP contribution in [0.2, 0.25) is 0 Å². The molecule has 0 fully saturated rings. The van der Waals surface area contributed by atoms with E-state index < -0.39 is 6.09 Å². The summed E-state index contributed by atoms with van der Waals surface area (Å²) < 4.78 is 4.63. The van der Waals surface area contributed by atoms with E-state index in [4.69, 9.17) is 5.11 Å².